The molecule has 0 spiro atoms. The van der Waals surface area contributed by atoms with E-state index in [1.807, 2.05) is 12.1 Å². The van der Waals surface area contributed by atoms with Gasteiger partial charge in [-0.15, -0.1) is 0 Å². The van der Waals surface area contributed by atoms with Crippen LogP contribution in [0.15, 0.2) is 48.5 Å². The average Bonchev–Trinajstić information content (AvgIpc) is 2.76. The van der Waals surface area contributed by atoms with E-state index in [0.29, 0.717) is 12.3 Å². The summed E-state index contributed by atoms with van der Waals surface area (Å²) in [5, 5.41) is 6.04. The molecule has 6 heteroatoms. The zero-order chi connectivity index (χ0) is 21.5. The highest BCUT2D eigenvalue weighted by molar-refractivity contribution is 5.88. The monoisotopic (exact) mass is 408 g/mol. The van der Waals surface area contributed by atoms with Crippen LogP contribution in [0, 0.1) is 5.92 Å². The lowest BCUT2D eigenvalue weighted by Gasteiger charge is -2.29. The second-order valence-corrected chi connectivity index (χ2v) is 8.28. The number of hydrogen-bond donors (Lipinski definition) is 3. The predicted octanol–water partition coefficient (Wildman–Crippen LogP) is 2.49. The number of nitrogens with zero attached hydrogens (tertiary/aromatic N) is 1. The standard InChI is InChI=1S/C24H32N4O2/c1-17(2)14-22(24(30)27-16-23(25)29)20-5-3-4-19(15-20)18-6-8-21(9-7-18)28-12-10-26-11-13-28/h3-9,15,17,22,26H,10-14,16H2,1-2H3,(H2,25,29)(H,27,30)/t22-/m1/s1. The molecule has 2 aromatic carbocycles. The van der Waals surface area contributed by atoms with Gasteiger partial charge >= 0.3 is 0 Å². The number of anilines is 1. The Morgan fingerprint density at radius 3 is 2.40 bits per heavy atom. The van der Waals surface area contributed by atoms with E-state index in [0.717, 1.165) is 42.9 Å². The molecule has 2 aromatic rings. The Morgan fingerprint density at radius 1 is 1.07 bits per heavy atom. The van der Waals surface area contributed by atoms with Crippen LogP contribution in [0.5, 0.6) is 0 Å². The highest BCUT2D eigenvalue weighted by atomic mass is 16.2. The normalized spacial score (nSPS) is 15.1. The van der Waals surface area contributed by atoms with Crippen molar-refractivity contribution in [2.45, 2.75) is 26.2 Å². The lowest BCUT2D eigenvalue weighted by Crippen LogP contribution is -2.43. The van der Waals surface area contributed by atoms with E-state index in [1.54, 1.807) is 0 Å². The maximum absolute atomic E-state index is 12.7. The van der Waals surface area contributed by atoms with E-state index in [2.05, 4.69) is 65.8 Å². The topological polar surface area (TPSA) is 87.5 Å². The highest BCUT2D eigenvalue weighted by Gasteiger charge is 2.22. The third-order valence-electron chi connectivity index (χ3n) is 5.43. The summed E-state index contributed by atoms with van der Waals surface area (Å²) in [5.74, 6) is -0.667. The molecule has 160 valence electrons. The molecule has 1 aliphatic heterocycles. The minimum Gasteiger partial charge on any atom is -0.369 e. The summed E-state index contributed by atoms with van der Waals surface area (Å²) in [6, 6.07) is 16.7. The van der Waals surface area contributed by atoms with Crippen LogP contribution < -0.4 is 21.3 Å². The Bertz CT molecular complexity index is 858. The first kappa shape index (κ1) is 21.8. The van der Waals surface area contributed by atoms with Crippen molar-refractivity contribution in [2.24, 2.45) is 11.7 Å². The van der Waals surface area contributed by atoms with Crippen LogP contribution >= 0.6 is 0 Å². The lowest BCUT2D eigenvalue weighted by molar-refractivity contribution is -0.126. The molecule has 0 saturated carbocycles. The molecule has 0 unspecified atom stereocenters. The zero-order valence-electron chi connectivity index (χ0n) is 17.9. The molecule has 0 bridgehead atoms. The molecular formula is C24H32N4O2. The molecule has 0 aliphatic carbocycles. The van der Waals surface area contributed by atoms with Gasteiger partial charge < -0.3 is 21.3 Å². The second kappa shape index (κ2) is 10.3. The minimum atomic E-state index is -0.537. The number of hydrogen-bond acceptors (Lipinski definition) is 4. The smallest absolute Gasteiger partial charge is 0.236 e. The highest BCUT2D eigenvalue weighted by Crippen LogP contribution is 2.29. The molecule has 1 heterocycles. The fourth-order valence-electron chi connectivity index (χ4n) is 3.89. The molecule has 3 rings (SSSR count). The first-order valence-electron chi connectivity index (χ1n) is 10.7. The van der Waals surface area contributed by atoms with E-state index in [-0.39, 0.29) is 18.4 Å². The van der Waals surface area contributed by atoms with Gasteiger partial charge in [-0.2, -0.15) is 0 Å². The molecule has 6 nitrogen and oxygen atoms in total. The third-order valence-corrected chi connectivity index (χ3v) is 5.43. The van der Waals surface area contributed by atoms with Gasteiger partial charge in [0.25, 0.3) is 0 Å². The second-order valence-electron chi connectivity index (χ2n) is 8.28. The summed E-state index contributed by atoms with van der Waals surface area (Å²) in [4.78, 5) is 26.2. The van der Waals surface area contributed by atoms with Gasteiger partial charge in [-0.25, -0.2) is 0 Å². The summed E-state index contributed by atoms with van der Waals surface area (Å²) >= 11 is 0. The Hall–Kier alpha value is -2.86. The van der Waals surface area contributed by atoms with E-state index < -0.39 is 5.91 Å². The number of piperazine rings is 1. The summed E-state index contributed by atoms with van der Waals surface area (Å²) in [5.41, 5.74) is 9.58. The van der Waals surface area contributed by atoms with E-state index in [1.165, 1.54) is 5.69 Å². The van der Waals surface area contributed by atoms with Crippen molar-refractivity contribution in [1.29, 1.82) is 0 Å². The lowest BCUT2D eigenvalue weighted by atomic mass is 9.88. The largest absolute Gasteiger partial charge is 0.369 e. The first-order valence-corrected chi connectivity index (χ1v) is 10.7. The van der Waals surface area contributed by atoms with Crippen molar-refractivity contribution in [2.75, 3.05) is 37.6 Å². The van der Waals surface area contributed by atoms with Gasteiger partial charge in [0.15, 0.2) is 0 Å². The summed E-state index contributed by atoms with van der Waals surface area (Å²) in [6.45, 7) is 8.11. The molecule has 30 heavy (non-hydrogen) atoms. The van der Waals surface area contributed by atoms with Crippen LogP contribution in [0.2, 0.25) is 0 Å². The number of carbonyl (C=O) groups is 2. The van der Waals surface area contributed by atoms with Gasteiger partial charge in [0.2, 0.25) is 11.8 Å². The van der Waals surface area contributed by atoms with Crippen molar-refractivity contribution >= 4 is 17.5 Å². The molecule has 4 N–H and O–H groups in total. The zero-order valence-corrected chi connectivity index (χ0v) is 17.9. The van der Waals surface area contributed by atoms with E-state index >= 15 is 0 Å². The number of rotatable bonds is 8. The van der Waals surface area contributed by atoms with Crippen LogP contribution in [0.4, 0.5) is 5.69 Å². The van der Waals surface area contributed by atoms with Gasteiger partial charge in [0.05, 0.1) is 12.5 Å². The number of carbonyl (C=O) groups excluding carboxylic acids is 2. The fraction of sp³-hybridized carbons (Fsp3) is 0.417. The van der Waals surface area contributed by atoms with Crippen LogP contribution in [0.1, 0.15) is 31.7 Å². The molecule has 0 radical (unpaired) electrons. The van der Waals surface area contributed by atoms with Crippen molar-refractivity contribution in [3.63, 3.8) is 0 Å². The molecule has 2 amide bonds. The van der Waals surface area contributed by atoms with Gasteiger partial charge in [-0.3, -0.25) is 9.59 Å². The van der Waals surface area contributed by atoms with Gasteiger partial charge in [-0.05, 0) is 41.2 Å². The summed E-state index contributed by atoms with van der Waals surface area (Å²) in [7, 11) is 0. The maximum Gasteiger partial charge on any atom is 0.236 e. The van der Waals surface area contributed by atoms with Crippen LogP contribution in [-0.4, -0.2) is 44.5 Å². The third kappa shape index (κ3) is 5.83. The number of nitrogens with two attached hydrogens (primary N) is 1. The number of nitrogens with one attached hydrogen (secondary N) is 2. The van der Waals surface area contributed by atoms with Gasteiger partial charge in [-0.1, -0.05) is 50.2 Å². The summed E-state index contributed by atoms with van der Waals surface area (Å²) < 4.78 is 0. The quantitative estimate of drug-likeness (QED) is 0.626. The minimum absolute atomic E-state index is 0.138. The molecule has 1 atom stereocenters. The van der Waals surface area contributed by atoms with E-state index in [9.17, 15) is 9.59 Å². The fourth-order valence-corrected chi connectivity index (χ4v) is 3.89. The number of amides is 2. The van der Waals surface area contributed by atoms with Crippen molar-refractivity contribution in [3.05, 3.63) is 54.1 Å². The first-order chi connectivity index (χ1) is 14.4. The van der Waals surface area contributed by atoms with Crippen molar-refractivity contribution in [3.8, 4) is 11.1 Å². The van der Waals surface area contributed by atoms with Crippen molar-refractivity contribution < 1.29 is 9.59 Å². The Labute approximate surface area is 178 Å². The van der Waals surface area contributed by atoms with Crippen LogP contribution in [0.25, 0.3) is 11.1 Å². The van der Waals surface area contributed by atoms with Gasteiger partial charge in [0, 0.05) is 31.9 Å². The van der Waals surface area contributed by atoms with Crippen molar-refractivity contribution in [1.82, 2.24) is 10.6 Å². The molecule has 1 fully saturated rings. The molecule has 1 aliphatic rings. The Morgan fingerprint density at radius 2 is 1.77 bits per heavy atom. The molecular weight excluding hydrogens is 376 g/mol. The maximum atomic E-state index is 12.7. The Kier molecular flexibility index (Phi) is 7.46. The van der Waals surface area contributed by atoms with E-state index in [4.69, 9.17) is 5.73 Å². The summed E-state index contributed by atoms with van der Waals surface area (Å²) in [6.07, 6.45) is 0.704. The van der Waals surface area contributed by atoms with Gasteiger partial charge in [0.1, 0.15) is 0 Å². The predicted molar refractivity (Wildman–Crippen MR) is 121 cm³/mol. The Balaban J connectivity index is 1.80. The van der Waals surface area contributed by atoms with Crippen LogP contribution in [-0.2, 0) is 9.59 Å². The van der Waals surface area contributed by atoms with Crippen LogP contribution in [0.3, 0.4) is 0 Å². The SMILES string of the molecule is CC(C)C[C@@H](C(=O)NCC(N)=O)c1cccc(-c2ccc(N3CCNCC3)cc2)c1. The average molecular weight is 409 g/mol. The molecule has 1 saturated heterocycles. The molecule has 0 aromatic heterocycles. The number of benzene rings is 2. The number of primary amides is 1.